The summed E-state index contributed by atoms with van der Waals surface area (Å²) < 4.78 is 0. The van der Waals surface area contributed by atoms with Gasteiger partial charge in [0.15, 0.2) is 0 Å². The first-order chi connectivity index (χ1) is 11.4. The number of rotatable bonds is 6. The molecule has 0 saturated carbocycles. The van der Waals surface area contributed by atoms with E-state index < -0.39 is 5.97 Å². The molecule has 126 valence electrons. The summed E-state index contributed by atoms with van der Waals surface area (Å²) in [6.45, 7) is 1.95. The zero-order chi connectivity index (χ0) is 17.7. The molecule has 4 nitrogen and oxygen atoms in total. The Balaban J connectivity index is 1.96. The highest BCUT2D eigenvalue weighted by atomic mass is 35.5. The zero-order valence-electron chi connectivity index (χ0n) is 13.7. The van der Waals surface area contributed by atoms with Gasteiger partial charge in [0.25, 0.3) is 0 Å². The van der Waals surface area contributed by atoms with Crippen LogP contribution in [0.15, 0.2) is 48.5 Å². The normalized spacial score (nSPS) is 11.8. The average molecular weight is 346 g/mol. The van der Waals surface area contributed by atoms with E-state index in [-0.39, 0.29) is 17.5 Å². The maximum atomic E-state index is 12.4. The van der Waals surface area contributed by atoms with E-state index in [4.69, 9.17) is 16.7 Å². The standard InChI is InChI=1S/C19H20ClNO3/c1-13(16-5-3-4-6-17(16)20)21(2)18(22)12-9-14-7-10-15(11-8-14)19(23)24/h3-8,10-11,13H,9,12H2,1-2H3,(H,23,24). The van der Waals surface area contributed by atoms with Gasteiger partial charge in [-0.25, -0.2) is 4.79 Å². The number of amides is 1. The summed E-state index contributed by atoms with van der Waals surface area (Å²) in [7, 11) is 1.77. The van der Waals surface area contributed by atoms with E-state index in [1.807, 2.05) is 31.2 Å². The van der Waals surface area contributed by atoms with Crippen molar-refractivity contribution in [2.75, 3.05) is 7.05 Å². The maximum Gasteiger partial charge on any atom is 0.335 e. The Hall–Kier alpha value is -2.33. The Morgan fingerprint density at radius 2 is 1.75 bits per heavy atom. The van der Waals surface area contributed by atoms with E-state index in [1.54, 1.807) is 36.2 Å². The number of halogens is 1. The second-order valence-corrected chi connectivity index (χ2v) is 6.11. The molecule has 0 radical (unpaired) electrons. The van der Waals surface area contributed by atoms with Crippen molar-refractivity contribution >= 4 is 23.5 Å². The molecule has 0 spiro atoms. The molecule has 24 heavy (non-hydrogen) atoms. The predicted octanol–water partition coefficient (Wildman–Crippen LogP) is 4.19. The van der Waals surface area contributed by atoms with Gasteiger partial charge in [0.1, 0.15) is 0 Å². The van der Waals surface area contributed by atoms with Crippen molar-refractivity contribution in [3.8, 4) is 0 Å². The SMILES string of the molecule is CC(c1ccccc1Cl)N(C)C(=O)CCc1ccc(C(=O)O)cc1. The monoisotopic (exact) mass is 345 g/mol. The Bertz CT molecular complexity index is 728. The molecule has 1 atom stereocenters. The lowest BCUT2D eigenvalue weighted by molar-refractivity contribution is -0.131. The Morgan fingerprint density at radius 3 is 2.33 bits per heavy atom. The molecule has 0 saturated heterocycles. The molecule has 1 unspecified atom stereocenters. The van der Waals surface area contributed by atoms with Gasteiger partial charge in [-0.1, -0.05) is 41.9 Å². The third-order valence-corrected chi connectivity index (χ3v) is 4.50. The van der Waals surface area contributed by atoms with Crippen molar-refractivity contribution in [2.45, 2.75) is 25.8 Å². The number of carboxylic acids is 1. The minimum absolute atomic E-state index is 0.0183. The van der Waals surface area contributed by atoms with E-state index in [9.17, 15) is 9.59 Å². The van der Waals surface area contributed by atoms with E-state index in [0.29, 0.717) is 17.9 Å². The molecule has 2 rings (SSSR count). The van der Waals surface area contributed by atoms with Gasteiger partial charge in [0.05, 0.1) is 11.6 Å². The number of benzene rings is 2. The molecule has 2 aromatic carbocycles. The molecule has 2 aromatic rings. The van der Waals surface area contributed by atoms with Crippen molar-refractivity contribution in [1.29, 1.82) is 0 Å². The number of hydrogen-bond donors (Lipinski definition) is 1. The number of hydrogen-bond acceptors (Lipinski definition) is 2. The molecule has 0 bridgehead atoms. The maximum absolute atomic E-state index is 12.4. The summed E-state index contributed by atoms with van der Waals surface area (Å²) in [5, 5.41) is 9.53. The average Bonchev–Trinajstić information content (AvgIpc) is 2.59. The minimum Gasteiger partial charge on any atom is -0.478 e. The van der Waals surface area contributed by atoms with Gasteiger partial charge in [-0.05, 0) is 42.7 Å². The van der Waals surface area contributed by atoms with Gasteiger partial charge < -0.3 is 10.0 Å². The van der Waals surface area contributed by atoms with Crippen LogP contribution in [-0.4, -0.2) is 28.9 Å². The van der Waals surface area contributed by atoms with Gasteiger partial charge >= 0.3 is 5.97 Å². The van der Waals surface area contributed by atoms with Crippen LogP contribution in [0.5, 0.6) is 0 Å². The largest absolute Gasteiger partial charge is 0.478 e. The summed E-state index contributed by atoms with van der Waals surface area (Å²) in [5.74, 6) is -0.935. The molecule has 0 fully saturated rings. The zero-order valence-corrected chi connectivity index (χ0v) is 14.5. The molecule has 1 amide bonds. The summed E-state index contributed by atoms with van der Waals surface area (Å²) >= 11 is 6.20. The molecule has 1 N–H and O–H groups in total. The highest BCUT2D eigenvalue weighted by Crippen LogP contribution is 2.26. The fourth-order valence-corrected chi connectivity index (χ4v) is 2.77. The molecule has 0 aromatic heterocycles. The van der Waals surface area contributed by atoms with E-state index in [2.05, 4.69) is 0 Å². The topological polar surface area (TPSA) is 57.6 Å². The lowest BCUT2D eigenvalue weighted by atomic mass is 10.0. The molecule has 0 aliphatic heterocycles. The Kier molecular flexibility index (Phi) is 5.99. The predicted molar refractivity (Wildman–Crippen MR) is 94.4 cm³/mol. The summed E-state index contributed by atoms with van der Waals surface area (Å²) in [4.78, 5) is 24.9. The minimum atomic E-state index is -0.953. The lowest BCUT2D eigenvalue weighted by Gasteiger charge is -2.26. The van der Waals surface area contributed by atoms with Crippen LogP contribution in [-0.2, 0) is 11.2 Å². The van der Waals surface area contributed by atoms with Crippen molar-refractivity contribution in [2.24, 2.45) is 0 Å². The molecule has 0 aliphatic carbocycles. The van der Waals surface area contributed by atoms with Gasteiger partial charge in [-0.3, -0.25) is 4.79 Å². The molecule has 0 aliphatic rings. The number of aryl methyl sites for hydroxylation is 1. The third kappa shape index (κ3) is 4.36. The Morgan fingerprint density at radius 1 is 1.12 bits per heavy atom. The van der Waals surface area contributed by atoms with Crippen molar-refractivity contribution in [3.05, 3.63) is 70.2 Å². The number of carbonyl (C=O) groups is 2. The van der Waals surface area contributed by atoms with Gasteiger partial charge in [-0.15, -0.1) is 0 Å². The number of carbonyl (C=O) groups excluding carboxylic acids is 1. The van der Waals surface area contributed by atoms with Crippen LogP contribution in [0.4, 0.5) is 0 Å². The fraction of sp³-hybridized carbons (Fsp3) is 0.263. The van der Waals surface area contributed by atoms with Crippen LogP contribution in [0, 0.1) is 0 Å². The second kappa shape index (κ2) is 7.97. The first kappa shape index (κ1) is 18.0. The van der Waals surface area contributed by atoms with Gasteiger partial charge in [-0.2, -0.15) is 0 Å². The smallest absolute Gasteiger partial charge is 0.335 e. The van der Waals surface area contributed by atoms with Crippen molar-refractivity contribution in [1.82, 2.24) is 4.90 Å². The van der Waals surface area contributed by atoms with Crippen LogP contribution in [0.25, 0.3) is 0 Å². The van der Waals surface area contributed by atoms with Crippen LogP contribution in [0.1, 0.15) is 40.9 Å². The van der Waals surface area contributed by atoms with Gasteiger partial charge in [0.2, 0.25) is 5.91 Å². The van der Waals surface area contributed by atoms with Crippen LogP contribution < -0.4 is 0 Å². The number of carboxylic acid groups (broad SMARTS) is 1. The molecular weight excluding hydrogens is 326 g/mol. The summed E-state index contributed by atoms with van der Waals surface area (Å²) in [6, 6.07) is 14.0. The van der Waals surface area contributed by atoms with Crippen molar-refractivity contribution < 1.29 is 14.7 Å². The lowest BCUT2D eigenvalue weighted by Crippen LogP contribution is -2.30. The summed E-state index contributed by atoms with van der Waals surface area (Å²) in [5.41, 5.74) is 2.10. The second-order valence-electron chi connectivity index (χ2n) is 5.70. The van der Waals surface area contributed by atoms with Gasteiger partial charge in [0, 0.05) is 18.5 Å². The van der Waals surface area contributed by atoms with E-state index in [0.717, 1.165) is 11.1 Å². The highest BCUT2D eigenvalue weighted by molar-refractivity contribution is 6.31. The highest BCUT2D eigenvalue weighted by Gasteiger charge is 2.19. The first-order valence-corrected chi connectivity index (χ1v) is 8.10. The Labute approximate surface area is 146 Å². The first-order valence-electron chi connectivity index (χ1n) is 7.72. The third-order valence-electron chi connectivity index (χ3n) is 4.16. The molecular formula is C19H20ClNO3. The molecule has 5 heteroatoms. The van der Waals surface area contributed by atoms with Crippen LogP contribution in [0.2, 0.25) is 5.02 Å². The van der Waals surface area contributed by atoms with E-state index in [1.165, 1.54) is 0 Å². The summed E-state index contributed by atoms with van der Waals surface area (Å²) in [6.07, 6.45) is 0.927. The van der Waals surface area contributed by atoms with Crippen LogP contribution in [0.3, 0.4) is 0 Å². The van der Waals surface area contributed by atoms with Crippen molar-refractivity contribution in [3.63, 3.8) is 0 Å². The number of aromatic carboxylic acids is 1. The van der Waals surface area contributed by atoms with E-state index >= 15 is 0 Å². The fourth-order valence-electron chi connectivity index (χ4n) is 2.48. The number of nitrogens with zero attached hydrogens (tertiary/aromatic N) is 1. The molecule has 0 heterocycles. The van der Waals surface area contributed by atoms with Crippen LogP contribution >= 0.6 is 11.6 Å². The quantitative estimate of drug-likeness (QED) is 0.854.